The summed E-state index contributed by atoms with van der Waals surface area (Å²) in [5.74, 6) is 0. The Bertz CT molecular complexity index is 497. The van der Waals surface area contributed by atoms with Crippen LogP contribution in [0.3, 0.4) is 0 Å². The fourth-order valence-electron chi connectivity index (χ4n) is 1.36. The minimum absolute atomic E-state index is 0.777. The van der Waals surface area contributed by atoms with Gasteiger partial charge in [-0.1, -0.05) is 30.3 Å². The van der Waals surface area contributed by atoms with Crippen molar-refractivity contribution in [1.82, 2.24) is 0 Å². The van der Waals surface area contributed by atoms with E-state index in [1.165, 1.54) is 0 Å². The summed E-state index contributed by atoms with van der Waals surface area (Å²) in [5, 5.41) is 11.1. The molecule has 0 saturated carbocycles. The van der Waals surface area contributed by atoms with Gasteiger partial charge in [-0.15, -0.1) is 0 Å². The number of fused-ring (bicyclic) bond motifs is 1. The van der Waals surface area contributed by atoms with Crippen LogP contribution in [0.1, 0.15) is 5.56 Å². The molecule has 2 rings (SSSR count). The molecular formula is C11H6IN. The van der Waals surface area contributed by atoms with E-state index >= 15 is 0 Å². The third-order valence-corrected chi connectivity index (χ3v) is 2.89. The van der Waals surface area contributed by atoms with E-state index in [4.69, 9.17) is 5.26 Å². The average molecular weight is 279 g/mol. The standard InChI is InChI=1S/C11H6IN/c12-11-6-5-8-3-1-2-4-9(8)10(11)7-13/h1-6H. The molecule has 0 aliphatic heterocycles. The molecule has 0 heterocycles. The lowest BCUT2D eigenvalue weighted by molar-refractivity contribution is 1.49. The van der Waals surface area contributed by atoms with Crippen molar-refractivity contribution in [3.8, 4) is 6.07 Å². The molecule has 2 heteroatoms. The predicted molar refractivity (Wildman–Crippen MR) is 61.4 cm³/mol. The number of halogens is 1. The molecule has 0 bridgehead atoms. The Labute approximate surface area is 90.1 Å². The van der Waals surface area contributed by atoms with Crippen molar-refractivity contribution in [3.63, 3.8) is 0 Å². The molecular weight excluding hydrogens is 273 g/mol. The van der Waals surface area contributed by atoms with E-state index in [-0.39, 0.29) is 0 Å². The van der Waals surface area contributed by atoms with Gasteiger partial charge in [0.1, 0.15) is 6.07 Å². The normalized spacial score (nSPS) is 9.85. The van der Waals surface area contributed by atoms with Crippen LogP contribution in [0.4, 0.5) is 0 Å². The Hall–Kier alpha value is -1.08. The fourth-order valence-corrected chi connectivity index (χ4v) is 1.95. The summed E-state index contributed by atoms with van der Waals surface area (Å²) in [4.78, 5) is 0. The van der Waals surface area contributed by atoms with E-state index < -0.39 is 0 Å². The van der Waals surface area contributed by atoms with Crippen LogP contribution in [0.25, 0.3) is 10.8 Å². The van der Waals surface area contributed by atoms with Gasteiger partial charge in [0.25, 0.3) is 0 Å². The van der Waals surface area contributed by atoms with Crippen LogP contribution < -0.4 is 0 Å². The van der Waals surface area contributed by atoms with Crippen LogP contribution in [-0.4, -0.2) is 0 Å². The molecule has 0 aliphatic carbocycles. The maximum Gasteiger partial charge on any atom is 0.101 e. The third kappa shape index (κ3) is 1.40. The lowest BCUT2D eigenvalue weighted by Gasteiger charge is -2.00. The summed E-state index contributed by atoms with van der Waals surface area (Å²) >= 11 is 2.19. The number of nitrogens with zero attached hydrogens (tertiary/aromatic N) is 1. The molecule has 0 amide bonds. The van der Waals surface area contributed by atoms with Gasteiger partial charge in [0, 0.05) is 8.96 Å². The molecule has 0 N–H and O–H groups in total. The van der Waals surface area contributed by atoms with Crippen molar-refractivity contribution in [2.45, 2.75) is 0 Å². The van der Waals surface area contributed by atoms with Gasteiger partial charge >= 0.3 is 0 Å². The number of hydrogen-bond acceptors (Lipinski definition) is 1. The molecule has 13 heavy (non-hydrogen) atoms. The first kappa shape index (κ1) is 8.52. The van der Waals surface area contributed by atoms with Crippen LogP contribution in [0.2, 0.25) is 0 Å². The number of hydrogen-bond donors (Lipinski definition) is 0. The molecule has 1 nitrogen and oxygen atoms in total. The summed E-state index contributed by atoms with van der Waals surface area (Å²) in [6.07, 6.45) is 0. The lowest BCUT2D eigenvalue weighted by Crippen LogP contribution is -1.83. The van der Waals surface area contributed by atoms with Gasteiger partial charge in [-0.3, -0.25) is 0 Å². The molecule has 0 aromatic heterocycles. The van der Waals surface area contributed by atoms with E-state index in [1.54, 1.807) is 0 Å². The van der Waals surface area contributed by atoms with Crippen LogP contribution in [0.15, 0.2) is 36.4 Å². The second kappa shape index (κ2) is 3.35. The van der Waals surface area contributed by atoms with Crippen molar-refractivity contribution in [2.75, 3.05) is 0 Å². The first-order valence-electron chi connectivity index (χ1n) is 3.90. The zero-order valence-electron chi connectivity index (χ0n) is 6.79. The number of benzene rings is 2. The van der Waals surface area contributed by atoms with Crippen molar-refractivity contribution in [2.24, 2.45) is 0 Å². The maximum atomic E-state index is 8.96. The van der Waals surface area contributed by atoms with E-state index in [0.717, 1.165) is 19.9 Å². The predicted octanol–water partition coefficient (Wildman–Crippen LogP) is 3.32. The first-order chi connectivity index (χ1) is 6.33. The minimum atomic E-state index is 0.777. The largest absolute Gasteiger partial charge is 0.192 e. The summed E-state index contributed by atoms with van der Waals surface area (Å²) in [7, 11) is 0. The summed E-state index contributed by atoms with van der Waals surface area (Å²) in [6, 6.07) is 14.2. The molecule has 2 aromatic rings. The SMILES string of the molecule is N#Cc1c(I)ccc2ccccc12. The van der Waals surface area contributed by atoms with Gasteiger partial charge in [0.05, 0.1) is 5.56 Å². The molecule has 0 aliphatic rings. The summed E-state index contributed by atoms with van der Waals surface area (Å²) in [5.41, 5.74) is 0.777. The Balaban J connectivity index is 2.94. The van der Waals surface area contributed by atoms with Crippen LogP contribution >= 0.6 is 22.6 Å². The molecule has 0 spiro atoms. The Morgan fingerprint density at radius 3 is 2.62 bits per heavy atom. The fraction of sp³-hybridized carbons (Fsp3) is 0. The minimum Gasteiger partial charge on any atom is -0.192 e. The Morgan fingerprint density at radius 2 is 1.85 bits per heavy atom. The highest BCUT2D eigenvalue weighted by Crippen LogP contribution is 2.22. The monoisotopic (exact) mass is 279 g/mol. The van der Waals surface area contributed by atoms with E-state index in [0.29, 0.717) is 0 Å². The average Bonchev–Trinajstić information content (AvgIpc) is 2.18. The highest BCUT2D eigenvalue weighted by Gasteiger charge is 2.02. The second-order valence-electron chi connectivity index (χ2n) is 2.76. The molecule has 62 valence electrons. The van der Waals surface area contributed by atoms with Crippen molar-refractivity contribution >= 4 is 33.4 Å². The zero-order valence-corrected chi connectivity index (χ0v) is 8.95. The van der Waals surface area contributed by atoms with Gasteiger partial charge in [0.15, 0.2) is 0 Å². The maximum absolute atomic E-state index is 8.96. The van der Waals surface area contributed by atoms with E-state index in [1.807, 2.05) is 36.4 Å². The lowest BCUT2D eigenvalue weighted by atomic mass is 10.1. The van der Waals surface area contributed by atoms with Gasteiger partial charge < -0.3 is 0 Å². The highest BCUT2D eigenvalue weighted by molar-refractivity contribution is 14.1. The smallest absolute Gasteiger partial charge is 0.101 e. The van der Waals surface area contributed by atoms with E-state index in [2.05, 4.69) is 28.7 Å². The first-order valence-corrected chi connectivity index (χ1v) is 4.98. The Kier molecular flexibility index (Phi) is 2.19. The van der Waals surface area contributed by atoms with Gasteiger partial charge in [-0.05, 0) is 34.0 Å². The Morgan fingerprint density at radius 1 is 1.08 bits per heavy atom. The quantitative estimate of drug-likeness (QED) is 0.679. The topological polar surface area (TPSA) is 23.8 Å². The van der Waals surface area contributed by atoms with Crippen molar-refractivity contribution < 1.29 is 0 Å². The molecule has 0 atom stereocenters. The summed E-state index contributed by atoms with van der Waals surface area (Å²) < 4.78 is 1.01. The molecule has 0 saturated heterocycles. The molecule has 2 aromatic carbocycles. The molecule has 0 unspecified atom stereocenters. The molecule has 0 radical (unpaired) electrons. The van der Waals surface area contributed by atoms with Gasteiger partial charge in [0.2, 0.25) is 0 Å². The van der Waals surface area contributed by atoms with Crippen LogP contribution in [0, 0.1) is 14.9 Å². The number of nitriles is 1. The van der Waals surface area contributed by atoms with Crippen molar-refractivity contribution in [1.29, 1.82) is 5.26 Å². The third-order valence-electron chi connectivity index (χ3n) is 1.99. The zero-order chi connectivity index (χ0) is 9.26. The van der Waals surface area contributed by atoms with E-state index in [9.17, 15) is 0 Å². The van der Waals surface area contributed by atoms with Crippen LogP contribution in [0.5, 0.6) is 0 Å². The molecule has 0 fully saturated rings. The highest BCUT2D eigenvalue weighted by atomic mass is 127. The summed E-state index contributed by atoms with van der Waals surface area (Å²) in [6.45, 7) is 0. The van der Waals surface area contributed by atoms with Gasteiger partial charge in [-0.25, -0.2) is 0 Å². The van der Waals surface area contributed by atoms with Gasteiger partial charge in [-0.2, -0.15) is 5.26 Å². The van der Waals surface area contributed by atoms with Crippen LogP contribution in [-0.2, 0) is 0 Å². The second-order valence-corrected chi connectivity index (χ2v) is 3.92. The van der Waals surface area contributed by atoms with Crippen molar-refractivity contribution in [3.05, 3.63) is 45.5 Å². The number of rotatable bonds is 0.